The summed E-state index contributed by atoms with van der Waals surface area (Å²) < 4.78 is 10.8. The number of hydrogen-bond donors (Lipinski definition) is 0. The average molecular weight is 292 g/mol. The number of hydrogen-bond acceptors (Lipinski definition) is 6. The van der Waals surface area contributed by atoms with Gasteiger partial charge in [-0.25, -0.2) is 9.97 Å². The Kier molecular flexibility index (Phi) is 4.87. The molecule has 0 saturated carbocycles. The van der Waals surface area contributed by atoms with Gasteiger partial charge in [0.25, 0.3) is 5.88 Å². The molecule has 0 amide bonds. The molecule has 2 aliphatic rings. The molecule has 2 aliphatic heterocycles. The highest BCUT2D eigenvalue weighted by atomic mass is 16.5. The molecule has 0 unspecified atom stereocenters. The summed E-state index contributed by atoms with van der Waals surface area (Å²) in [5, 5.41) is 0. The summed E-state index contributed by atoms with van der Waals surface area (Å²) in [4.78, 5) is 13.6. The highest BCUT2D eigenvalue weighted by molar-refractivity contribution is 5.48. The van der Waals surface area contributed by atoms with E-state index in [9.17, 15) is 0 Å². The van der Waals surface area contributed by atoms with Gasteiger partial charge in [0, 0.05) is 45.1 Å². The number of methoxy groups -OCH3 is 1. The number of morpholine rings is 1. The molecular formula is C15H24N4O2. The smallest absolute Gasteiger partial charge is 0.257 e. The number of rotatable bonds is 4. The van der Waals surface area contributed by atoms with Crippen molar-refractivity contribution in [1.29, 1.82) is 0 Å². The number of ether oxygens (including phenoxy) is 2. The summed E-state index contributed by atoms with van der Waals surface area (Å²) >= 11 is 0. The van der Waals surface area contributed by atoms with Gasteiger partial charge in [-0.15, -0.1) is 0 Å². The van der Waals surface area contributed by atoms with Crippen LogP contribution in [0.15, 0.2) is 12.4 Å². The first-order valence-electron chi connectivity index (χ1n) is 7.77. The predicted octanol–water partition coefficient (Wildman–Crippen LogP) is 1.03. The molecule has 0 aliphatic carbocycles. The first-order valence-corrected chi connectivity index (χ1v) is 7.77. The molecule has 2 fully saturated rings. The van der Waals surface area contributed by atoms with Crippen molar-refractivity contribution < 1.29 is 9.47 Å². The maximum Gasteiger partial charge on any atom is 0.257 e. The fourth-order valence-corrected chi connectivity index (χ4v) is 3.23. The summed E-state index contributed by atoms with van der Waals surface area (Å²) in [6.07, 6.45) is 5.91. The highest BCUT2D eigenvalue weighted by Crippen LogP contribution is 2.27. The van der Waals surface area contributed by atoms with Crippen LogP contribution < -0.4 is 9.64 Å². The number of anilines is 1. The summed E-state index contributed by atoms with van der Waals surface area (Å²) in [5.41, 5.74) is 0. The third-order valence-corrected chi connectivity index (χ3v) is 4.28. The molecule has 3 heterocycles. The lowest BCUT2D eigenvalue weighted by Gasteiger charge is -2.37. The topological polar surface area (TPSA) is 50.7 Å². The van der Waals surface area contributed by atoms with Crippen LogP contribution in [-0.2, 0) is 4.74 Å². The average Bonchev–Trinajstić information content (AvgIpc) is 2.56. The maximum atomic E-state index is 5.42. The van der Waals surface area contributed by atoms with Crippen LogP contribution in [0.3, 0.4) is 0 Å². The van der Waals surface area contributed by atoms with Gasteiger partial charge in [0.15, 0.2) is 5.82 Å². The predicted molar refractivity (Wildman–Crippen MR) is 80.8 cm³/mol. The SMILES string of the molecule is COc1nccnc1N1CCC[C@@H](CN2CCOCC2)C1. The van der Waals surface area contributed by atoms with Crippen LogP contribution in [0.4, 0.5) is 5.82 Å². The van der Waals surface area contributed by atoms with Crippen molar-refractivity contribution in [3.8, 4) is 5.88 Å². The van der Waals surface area contributed by atoms with E-state index in [4.69, 9.17) is 9.47 Å². The summed E-state index contributed by atoms with van der Waals surface area (Å²) in [5.74, 6) is 2.19. The lowest BCUT2D eigenvalue weighted by molar-refractivity contribution is 0.0296. The Morgan fingerprint density at radius 1 is 1.24 bits per heavy atom. The molecule has 1 aromatic rings. The molecule has 0 radical (unpaired) electrons. The standard InChI is InChI=1S/C15H24N4O2/c1-20-15-14(16-4-5-17-15)19-6-2-3-13(12-19)11-18-7-9-21-10-8-18/h4-5,13H,2-3,6-12H2,1H3/t13-/m0/s1. The third kappa shape index (κ3) is 3.63. The molecule has 6 heteroatoms. The molecule has 6 nitrogen and oxygen atoms in total. The first-order chi connectivity index (χ1) is 10.4. The Morgan fingerprint density at radius 3 is 2.86 bits per heavy atom. The molecule has 0 spiro atoms. The largest absolute Gasteiger partial charge is 0.478 e. The Bertz CT molecular complexity index is 451. The number of nitrogens with zero attached hydrogens (tertiary/aromatic N) is 4. The quantitative estimate of drug-likeness (QED) is 0.826. The zero-order chi connectivity index (χ0) is 14.5. The minimum absolute atomic E-state index is 0.629. The summed E-state index contributed by atoms with van der Waals surface area (Å²) in [7, 11) is 1.66. The highest BCUT2D eigenvalue weighted by Gasteiger charge is 2.25. The van der Waals surface area contributed by atoms with Crippen molar-refractivity contribution >= 4 is 5.82 Å². The number of aromatic nitrogens is 2. The second-order valence-corrected chi connectivity index (χ2v) is 5.76. The van der Waals surface area contributed by atoms with Crippen molar-refractivity contribution in [2.45, 2.75) is 12.8 Å². The molecule has 1 aromatic heterocycles. The van der Waals surface area contributed by atoms with Gasteiger partial charge in [-0.1, -0.05) is 0 Å². The molecule has 0 N–H and O–H groups in total. The molecular weight excluding hydrogens is 268 g/mol. The zero-order valence-corrected chi connectivity index (χ0v) is 12.7. The molecule has 1 atom stereocenters. The van der Waals surface area contributed by atoms with Crippen molar-refractivity contribution in [2.24, 2.45) is 5.92 Å². The lowest BCUT2D eigenvalue weighted by atomic mass is 9.97. The summed E-state index contributed by atoms with van der Waals surface area (Å²) in [6, 6.07) is 0. The molecule has 0 bridgehead atoms. The Labute approximate surface area is 126 Å². The second-order valence-electron chi connectivity index (χ2n) is 5.76. The maximum absolute atomic E-state index is 5.42. The van der Waals surface area contributed by atoms with Crippen molar-refractivity contribution in [3.63, 3.8) is 0 Å². The van der Waals surface area contributed by atoms with Gasteiger partial charge in [0.2, 0.25) is 0 Å². The zero-order valence-electron chi connectivity index (χ0n) is 12.7. The van der Waals surface area contributed by atoms with Gasteiger partial charge in [-0.2, -0.15) is 0 Å². The Morgan fingerprint density at radius 2 is 2.05 bits per heavy atom. The van der Waals surface area contributed by atoms with E-state index in [0.29, 0.717) is 11.8 Å². The minimum atomic E-state index is 0.629. The minimum Gasteiger partial charge on any atom is -0.478 e. The van der Waals surface area contributed by atoms with Gasteiger partial charge in [-0.3, -0.25) is 4.90 Å². The van der Waals surface area contributed by atoms with E-state index >= 15 is 0 Å². The van der Waals surface area contributed by atoms with Crippen LogP contribution in [0, 0.1) is 5.92 Å². The van der Waals surface area contributed by atoms with E-state index in [2.05, 4.69) is 19.8 Å². The van der Waals surface area contributed by atoms with Crippen LogP contribution in [0.1, 0.15) is 12.8 Å². The Balaban J connectivity index is 1.62. The Hall–Kier alpha value is -1.40. The van der Waals surface area contributed by atoms with Crippen LogP contribution in [-0.4, -0.2) is 67.9 Å². The molecule has 116 valence electrons. The molecule has 2 saturated heterocycles. The number of piperidine rings is 1. The van der Waals surface area contributed by atoms with E-state index in [1.165, 1.54) is 12.8 Å². The molecule has 3 rings (SSSR count). The van der Waals surface area contributed by atoms with E-state index in [0.717, 1.165) is 51.8 Å². The van der Waals surface area contributed by atoms with Gasteiger partial charge in [0.05, 0.1) is 20.3 Å². The van der Waals surface area contributed by atoms with Crippen LogP contribution >= 0.6 is 0 Å². The summed E-state index contributed by atoms with van der Waals surface area (Å²) in [6.45, 7) is 7.09. The van der Waals surface area contributed by atoms with Gasteiger partial charge >= 0.3 is 0 Å². The monoisotopic (exact) mass is 292 g/mol. The molecule has 21 heavy (non-hydrogen) atoms. The van der Waals surface area contributed by atoms with Gasteiger partial charge < -0.3 is 14.4 Å². The fourth-order valence-electron chi connectivity index (χ4n) is 3.23. The van der Waals surface area contributed by atoms with Crippen LogP contribution in [0.25, 0.3) is 0 Å². The van der Waals surface area contributed by atoms with Crippen molar-refractivity contribution in [2.75, 3.05) is 57.9 Å². The van der Waals surface area contributed by atoms with Crippen LogP contribution in [0.5, 0.6) is 5.88 Å². The van der Waals surface area contributed by atoms with E-state index < -0.39 is 0 Å². The van der Waals surface area contributed by atoms with E-state index in [1.807, 2.05) is 0 Å². The fraction of sp³-hybridized carbons (Fsp3) is 0.733. The van der Waals surface area contributed by atoms with E-state index in [-0.39, 0.29) is 0 Å². The van der Waals surface area contributed by atoms with Gasteiger partial charge in [-0.05, 0) is 18.8 Å². The normalized spacial score (nSPS) is 24.0. The second kappa shape index (κ2) is 7.04. The van der Waals surface area contributed by atoms with Crippen LogP contribution in [0.2, 0.25) is 0 Å². The first kappa shape index (κ1) is 14.5. The van der Waals surface area contributed by atoms with E-state index in [1.54, 1.807) is 19.5 Å². The lowest BCUT2D eigenvalue weighted by Crippen LogP contribution is -2.44. The van der Waals surface area contributed by atoms with Crippen molar-refractivity contribution in [1.82, 2.24) is 14.9 Å². The third-order valence-electron chi connectivity index (χ3n) is 4.28. The van der Waals surface area contributed by atoms with Crippen molar-refractivity contribution in [3.05, 3.63) is 12.4 Å². The molecule has 0 aromatic carbocycles. The van der Waals surface area contributed by atoms with Gasteiger partial charge in [0.1, 0.15) is 0 Å².